The molecule has 5 rings (SSSR count). The van der Waals surface area contributed by atoms with E-state index in [2.05, 4.69) is 43.1 Å². The molecule has 4 bridgehead atoms. The van der Waals surface area contributed by atoms with Crippen LogP contribution in [-0.4, -0.2) is 69.1 Å². The number of carbonyl (C=O) groups excluding carboxylic acids is 3. The Morgan fingerprint density at radius 2 is 1.33 bits per heavy atom. The first-order valence-electron chi connectivity index (χ1n) is 21.1. The van der Waals surface area contributed by atoms with E-state index in [1.54, 1.807) is 0 Å². The van der Waals surface area contributed by atoms with Crippen molar-refractivity contribution in [1.29, 1.82) is 0 Å². The maximum Gasteiger partial charge on any atom is 0.508 e. The molecule has 0 spiro atoms. The maximum absolute atomic E-state index is 13.0. The van der Waals surface area contributed by atoms with Gasteiger partial charge in [-0.15, -0.1) is 0 Å². The molecule has 2 unspecified atom stereocenters. The number of piperidine rings is 1. The maximum atomic E-state index is 13.0. The van der Waals surface area contributed by atoms with Crippen molar-refractivity contribution < 1.29 is 33.3 Å². The Bertz CT molecular complexity index is 1040. The van der Waals surface area contributed by atoms with E-state index in [0.717, 1.165) is 82.8 Å². The number of esters is 2. The zero-order valence-electron chi connectivity index (χ0n) is 32.2. The van der Waals surface area contributed by atoms with E-state index >= 15 is 0 Å². The van der Waals surface area contributed by atoms with Crippen LogP contribution in [0.1, 0.15) is 142 Å². The van der Waals surface area contributed by atoms with E-state index in [-0.39, 0.29) is 31.8 Å². The molecular formula is C43H71NO7. The fraction of sp³-hybridized carbons (Fsp3) is 0.837. The van der Waals surface area contributed by atoms with Crippen molar-refractivity contribution in [3.63, 3.8) is 0 Å². The van der Waals surface area contributed by atoms with Crippen LogP contribution in [0.15, 0.2) is 24.3 Å². The summed E-state index contributed by atoms with van der Waals surface area (Å²) in [6.45, 7) is 7.83. The number of rotatable bonds is 25. The predicted octanol–water partition coefficient (Wildman–Crippen LogP) is 9.85. The van der Waals surface area contributed by atoms with Gasteiger partial charge < -0.3 is 23.8 Å². The second kappa shape index (κ2) is 24.1. The Kier molecular flexibility index (Phi) is 19.5. The molecule has 5 fully saturated rings. The molecule has 4 aliphatic carbocycles. The molecule has 0 aromatic rings. The Morgan fingerprint density at radius 3 is 2.02 bits per heavy atom. The lowest BCUT2D eigenvalue weighted by molar-refractivity contribution is -0.153. The van der Waals surface area contributed by atoms with Crippen molar-refractivity contribution in [3.8, 4) is 0 Å². The molecule has 51 heavy (non-hydrogen) atoms. The van der Waals surface area contributed by atoms with Gasteiger partial charge in [0.15, 0.2) is 0 Å². The monoisotopic (exact) mass is 714 g/mol. The summed E-state index contributed by atoms with van der Waals surface area (Å²) in [6.07, 6.45) is 30.3. The standard InChI is InChI=1S/C43H71NO7/c1-3-5-6-7-8-9-10-11-12-13-14-15-16-17-18-21-41(45)48-31-37(33-51-43(47)50-30-34-20-19-22-44(4-2)29-34)32-49-42(46)28-40-38-24-35-23-36(26-38)27-39(40)25-35/h8-9,11-12,34-40H,3-7,10,13-33H2,1-2H3/b9-8-,12-11-. The molecule has 1 heterocycles. The van der Waals surface area contributed by atoms with Gasteiger partial charge in [0.2, 0.25) is 0 Å². The van der Waals surface area contributed by atoms with Crippen molar-refractivity contribution in [2.45, 2.75) is 142 Å². The number of hydrogen-bond acceptors (Lipinski definition) is 8. The minimum Gasteiger partial charge on any atom is -0.465 e. The van der Waals surface area contributed by atoms with Crippen molar-refractivity contribution in [2.75, 3.05) is 46.1 Å². The summed E-state index contributed by atoms with van der Waals surface area (Å²) >= 11 is 0. The summed E-state index contributed by atoms with van der Waals surface area (Å²) < 4.78 is 22.3. The van der Waals surface area contributed by atoms with E-state index in [4.69, 9.17) is 18.9 Å². The first-order valence-corrected chi connectivity index (χ1v) is 21.1. The molecule has 4 saturated carbocycles. The van der Waals surface area contributed by atoms with Crippen molar-refractivity contribution >= 4 is 18.1 Å². The van der Waals surface area contributed by atoms with Crippen LogP contribution in [-0.2, 0) is 28.5 Å². The highest BCUT2D eigenvalue weighted by Crippen LogP contribution is 2.57. The van der Waals surface area contributed by atoms with Crippen LogP contribution < -0.4 is 0 Å². The SMILES string of the molecule is CCCCC/C=C\C/C=C\CCCCCCCC(=O)OCC(COC(=O)CC1C2CC3CC(C2)CC1C3)COC(=O)OCC1CCCN(CC)C1. The molecule has 8 heteroatoms. The Balaban J connectivity index is 1.10. The number of ether oxygens (including phenoxy) is 4. The highest BCUT2D eigenvalue weighted by Gasteiger charge is 2.48. The second-order valence-corrected chi connectivity index (χ2v) is 16.3. The molecule has 0 N–H and O–H groups in total. The normalized spacial score (nSPS) is 26.5. The van der Waals surface area contributed by atoms with E-state index in [1.807, 2.05) is 0 Å². The molecule has 2 atom stereocenters. The van der Waals surface area contributed by atoms with Crippen LogP contribution in [0, 0.1) is 41.4 Å². The first-order chi connectivity index (χ1) is 24.9. The van der Waals surface area contributed by atoms with Crippen LogP contribution in [0.5, 0.6) is 0 Å². The Hall–Kier alpha value is -2.35. The minimum atomic E-state index is -0.718. The van der Waals surface area contributed by atoms with Crippen molar-refractivity contribution in [2.24, 2.45) is 41.4 Å². The van der Waals surface area contributed by atoms with Crippen LogP contribution in [0.25, 0.3) is 0 Å². The third-order valence-electron chi connectivity index (χ3n) is 12.0. The van der Waals surface area contributed by atoms with Gasteiger partial charge in [-0.1, -0.05) is 70.3 Å². The number of hydrogen-bond donors (Lipinski definition) is 0. The third-order valence-corrected chi connectivity index (χ3v) is 12.0. The van der Waals surface area contributed by atoms with E-state index in [9.17, 15) is 14.4 Å². The fourth-order valence-corrected chi connectivity index (χ4v) is 9.33. The highest BCUT2D eigenvalue weighted by molar-refractivity contribution is 5.70. The summed E-state index contributed by atoms with van der Waals surface area (Å²) in [5.41, 5.74) is 0. The van der Waals surface area contributed by atoms with Crippen molar-refractivity contribution in [1.82, 2.24) is 4.90 Å². The molecule has 0 aromatic heterocycles. The van der Waals surface area contributed by atoms with Gasteiger partial charge in [0.05, 0.1) is 12.5 Å². The molecule has 0 aromatic carbocycles. The summed E-state index contributed by atoms with van der Waals surface area (Å²) in [5.74, 6) is 2.91. The predicted molar refractivity (Wildman–Crippen MR) is 202 cm³/mol. The largest absolute Gasteiger partial charge is 0.508 e. The smallest absolute Gasteiger partial charge is 0.465 e. The van der Waals surface area contributed by atoms with Gasteiger partial charge in [0.1, 0.15) is 19.8 Å². The van der Waals surface area contributed by atoms with Gasteiger partial charge in [-0.3, -0.25) is 9.59 Å². The Morgan fingerprint density at radius 1 is 0.706 bits per heavy atom. The van der Waals surface area contributed by atoms with Gasteiger partial charge in [0, 0.05) is 25.3 Å². The number of likely N-dealkylation sites (tertiary alicyclic amines) is 1. The molecule has 5 aliphatic rings. The number of unbranched alkanes of at least 4 members (excludes halogenated alkanes) is 8. The van der Waals surface area contributed by atoms with Crippen molar-refractivity contribution in [3.05, 3.63) is 24.3 Å². The fourth-order valence-electron chi connectivity index (χ4n) is 9.33. The lowest BCUT2D eigenvalue weighted by Crippen LogP contribution is -2.45. The molecule has 1 aliphatic heterocycles. The summed E-state index contributed by atoms with van der Waals surface area (Å²) in [5, 5.41) is 0. The van der Waals surface area contributed by atoms with E-state index in [1.165, 1.54) is 64.2 Å². The highest BCUT2D eigenvalue weighted by atomic mass is 16.7. The minimum absolute atomic E-state index is 0.0210. The zero-order valence-corrected chi connectivity index (χ0v) is 32.2. The molecule has 0 amide bonds. The summed E-state index contributed by atoms with van der Waals surface area (Å²) in [4.78, 5) is 40.5. The van der Waals surface area contributed by atoms with Gasteiger partial charge in [0.25, 0.3) is 0 Å². The quantitative estimate of drug-likeness (QED) is 0.0400. The van der Waals surface area contributed by atoms with Gasteiger partial charge in [-0.25, -0.2) is 4.79 Å². The van der Waals surface area contributed by atoms with Gasteiger partial charge in [-0.2, -0.15) is 0 Å². The molecule has 8 nitrogen and oxygen atoms in total. The van der Waals surface area contributed by atoms with Crippen LogP contribution in [0.3, 0.4) is 0 Å². The average molecular weight is 714 g/mol. The molecular weight excluding hydrogens is 642 g/mol. The lowest BCUT2D eigenvalue weighted by Gasteiger charge is -2.54. The Labute approximate surface area is 309 Å². The number of allylic oxidation sites excluding steroid dienone is 4. The number of carbonyl (C=O) groups is 3. The van der Waals surface area contributed by atoms with E-state index < -0.39 is 12.1 Å². The molecule has 1 saturated heterocycles. The average Bonchev–Trinajstić information content (AvgIpc) is 3.13. The topological polar surface area (TPSA) is 91.4 Å². The van der Waals surface area contributed by atoms with Gasteiger partial charge >= 0.3 is 18.1 Å². The first kappa shape index (κ1) is 41.4. The lowest BCUT2D eigenvalue weighted by atomic mass is 9.51. The summed E-state index contributed by atoms with van der Waals surface area (Å²) in [6, 6.07) is 0. The molecule has 290 valence electrons. The number of nitrogens with zero attached hydrogens (tertiary/aromatic N) is 1. The van der Waals surface area contributed by atoms with Crippen LogP contribution in [0.2, 0.25) is 0 Å². The summed E-state index contributed by atoms with van der Waals surface area (Å²) in [7, 11) is 0. The van der Waals surface area contributed by atoms with Crippen LogP contribution in [0.4, 0.5) is 4.79 Å². The van der Waals surface area contributed by atoms with Crippen LogP contribution >= 0.6 is 0 Å². The van der Waals surface area contributed by atoms with Gasteiger partial charge in [-0.05, 0) is 126 Å². The molecule has 0 radical (unpaired) electrons. The third kappa shape index (κ3) is 16.1. The second-order valence-electron chi connectivity index (χ2n) is 16.3. The van der Waals surface area contributed by atoms with E-state index in [0.29, 0.717) is 43.1 Å². The zero-order chi connectivity index (χ0) is 36.1.